The molecule has 1 aliphatic rings. The van der Waals surface area contributed by atoms with Crippen LogP contribution in [0.25, 0.3) is 33.3 Å². The van der Waals surface area contributed by atoms with E-state index in [1.165, 1.54) is 22.0 Å². The number of aromatic amines is 1. The fourth-order valence-electron chi connectivity index (χ4n) is 4.16. The molecule has 0 atom stereocenters. The number of alkyl halides is 3. The van der Waals surface area contributed by atoms with Crippen LogP contribution < -0.4 is 0 Å². The van der Waals surface area contributed by atoms with E-state index in [-0.39, 0.29) is 23.7 Å². The van der Waals surface area contributed by atoms with E-state index in [0.717, 1.165) is 0 Å². The molecule has 0 fully saturated rings. The minimum atomic E-state index is -4.62. The van der Waals surface area contributed by atoms with E-state index in [4.69, 9.17) is 4.74 Å². The highest BCUT2D eigenvalue weighted by atomic mass is 19.4. The lowest BCUT2D eigenvalue weighted by atomic mass is 10.0. The number of rotatable bonds is 3. The molecule has 4 aromatic rings. The minimum Gasteiger partial charge on any atom is -0.383 e. The van der Waals surface area contributed by atoms with Crippen LogP contribution >= 0.6 is 0 Å². The van der Waals surface area contributed by atoms with Crippen molar-refractivity contribution in [3.05, 3.63) is 42.2 Å². The summed E-state index contributed by atoms with van der Waals surface area (Å²) in [6.45, 7) is 1.40. The third-order valence-corrected chi connectivity index (χ3v) is 5.88. The van der Waals surface area contributed by atoms with Crippen molar-refractivity contribution in [2.75, 3.05) is 27.3 Å². The third kappa shape index (κ3) is 3.83. The molecule has 0 spiro atoms. The first-order valence-corrected chi connectivity index (χ1v) is 10.7. The van der Waals surface area contributed by atoms with Crippen molar-refractivity contribution in [1.29, 1.82) is 0 Å². The molecule has 34 heavy (non-hydrogen) atoms. The van der Waals surface area contributed by atoms with Gasteiger partial charge in [-0.25, -0.2) is 4.98 Å². The van der Waals surface area contributed by atoms with Crippen LogP contribution in [0.5, 0.6) is 0 Å². The quantitative estimate of drug-likeness (QED) is 0.492. The van der Waals surface area contributed by atoms with Crippen LogP contribution in [0.4, 0.5) is 13.2 Å². The largest absolute Gasteiger partial charge is 0.435 e. The van der Waals surface area contributed by atoms with E-state index in [0.29, 0.717) is 53.8 Å². The maximum atomic E-state index is 13.8. The van der Waals surface area contributed by atoms with E-state index in [1.807, 2.05) is 0 Å². The number of nitrogens with one attached hydrogen (secondary N) is 1. The van der Waals surface area contributed by atoms with Crippen LogP contribution in [0.15, 0.2) is 30.9 Å². The maximum absolute atomic E-state index is 13.8. The lowest BCUT2D eigenvalue weighted by Gasteiger charge is -2.17. The minimum absolute atomic E-state index is 0.0183. The van der Waals surface area contributed by atoms with Gasteiger partial charge in [0.1, 0.15) is 5.65 Å². The topological polar surface area (TPSA) is 93.9 Å². The Morgan fingerprint density at radius 2 is 1.97 bits per heavy atom. The van der Waals surface area contributed by atoms with E-state index in [9.17, 15) is 18.0 Å². The molecule has 0 radical (unpaired) electrons. The van der Waals surface area contributed by atoms with Crippen molar-refractivity contribution < 1.29 is 22.7 Å². The predicted molar refractivity (Wildman–Crippen MR) is 117 cm³/mol. The molecule has 0 aliphatic carbocycles. The maximum Gasteiger partial charge on any atom is 0.435 e. The Hall–Kier alpha value is -3.67. The number of aromatic nitrogens is 6. The van der Waals surface area contributed by atoms with Crippen LogP contribution in [-0.2, 0) is 24.0 Å². The summed E-state index contributed by atoms with van der Waals surface area (Å²) >= 11 is 0. The first kappa shape index (κ1) is 22.1. The molecule has 1 N–H and O–H groups in total. The van der Waals surface area contributed by atoms with Crippen molar-refractivity contribution in [3.8, 4) is 22.3 Å². The van der Waals surface area contributed by atoms with Crippen molar-refractivity contribution in [3.63, 3.8) is 0 Å². The van der Waals surface area contributed by atoms with Gasteiger partial charge in [0.15, 0.2) is 11.4 Å². The number of H-pyrrole nitrogens is 1. The van der Waals surface area contributed by atoms with Crippen LogP contribution in [0.3, 0.4) is 0 Å². The molecule has 0 unspecified atom stereocenters. The summed E-state index contributed by atoms with van der Waals surface area (Å²) in [6, 6.07) is 1.73. The number of methoxy groups -OCH3 is 1. The molecular formula is C22H22F3N7O2. The second kappa shape index (κ2) is 8.28. The third-order valence-electron chi connectivity index (χ3n) is 5.88. The van der Waals surface area contributed by atoms with Crippen molar-refractivity contribution in [1.82, 2.24) is 34.4 Å². The van der Waals surface area contributed by atoms with E-state index < -0.39 is 11.9 Å². The van der Waals surface area contributed by atoms with Gasteiger partial charge in [0, 0.05) is 79.7 Å². The first-order valence-electron chi connectivity index (χ1n) is 10.7. The lowest BCUT2D eigenvalue weighted by Crippen LogP contribution is -2.29. The standard InChI is InChI=1S/C22H22F3N7O2/c1-30-4-3-5-31-12-17(19(29-31)22(23,24)25)15-10-27-20-14(15)8-13(9-26-20)16-11-32(6-7-34-2)28-18(16)21(30)33/h8-12H,3-7H2,1-2H3,(H,26,27). The van der Waals surface area contributed by atoms with Gasteiger partial charge in [-0.3, -0.25) is 14.2 Å². The summed E-state index contributed by atoms with van der Waals surface area (Å²) in [5.41, 5.74) is 1.19. The highest BCUT2D eigenvalue weighted by molar-refractivity contribution is 6.01. The zero-order chi connectivity index (χ0) is 24.0. The number of fused-ring (bicyclic) bond motifs is 6. The molecule has 0 saturated heterocycles. The summed E-state index contributed by atoms with van der Waals surface area (Å²) in [4.78, 5) is 22.1. The normalized spacial score (nSPS) is 14.6. The van der Waals surface area contributed by atoms with Gasteiger partial charge in [-0.2, -0.15) is 23.4 Å². The molecule has 4 bridgehead atoms. The number of amides is 1. The number of nitrogens with zero attached hydrogens (tertiary/aromatic N) is 6. The lowest BCUT2D eigenvalue weighted by molar-refractivity contribution is -0.141. The summed E-state index contributed by atoms with van der Waals surface area (Å²) in [7, 11) is 3.22. The zero-order valence-electron chi connectivity index (χ0n) is 18.6. The Bertz CT molecular complexity index is 1370. The number of aryl methyl sites for hydroxylation is 1. The molecule has 5 rings (SSSR count). The number of carbonyl (C=O) groups is 1. The summed E-state index contributed by atoms with van der Waals surface area (Å²) in [5, 5.41) is 8.80. The fourth-order valence-corrected chi connectivity index (χ4v) is 4.16. The van der Waals surface area contributed by atoms with Gasteiger partial charge < -0.3 is 14.6 Å². The Balaban J connectivity index is 1.73. The molecule has 1 aliphatic heterocycles. The highest BCUT2D eigenvalue weighted by Gasteiger charge is 2.38. The predicted octanol–water partition coefficient (Wildman–Crippen LogP) is 3.43. The molecule has 9 nitrogen and oxygen atoms in total. The van der Waals surface area contributed by atoms with E-state index >= 15 is 0 Å². The Labute approximate surface area is 192 Å². The molecule has 178 valence electrons. The number of hydrogen-bond donors (Lipinski definition) is 1. The van der Waals surface area contributed by atoms with Crippen molar-refractivity contribution in [2.45, 2.75) is 25.7 Å². The molecule has 0 saturated carbocycles. The monoisotopic (exact) mass is 473 g/mol. The highest BCUT2D eigenvalue weighted by Crippen LogP contribution is 2.39. The molecule has 4 aromatic heterocycles. The number of carbonyl (C=O) groups excluding carboxylic acids is 1. The van der Waals surface area contributed by atoms with E-state index in [2.05, 4.69) is 20.2 Å². The van der Waals surface area contributed by atoms with E-state index in [1.54, 1.807) is 37.3 Å². The Morgan fingerprint density at radius 3 is 2.74 bits per heavy atom. The second-order valence-electron chi connectivity index (χ2n) is 8.20. The summed E-state index contributed by atoms with van der Waals surface area (Å²) in [6.07, 6.45) is 2.03. The van der Waals surface area contributed by atoms with Crippen molar-refractivity contribution >= 4 is 16.9 Å². The Kier molecular flexibility index (Phi) is 5.39. The molecule has 5 heterocycles. The molecule has 1 amide bonds. The number of hydrogen-bond acceptors (Lipinski definition) is 5. The average Bonchev–Trinajstić information content (AvgIpc) is 3.52. The van der Waals surface area contributed by atoms with Gasteiger partial charge in [-0.15, -0.1) is 0 Å². The molecule has 0 aromatic carbocycles. The summed E-state index contributed by atoms with van der Waals surface area (Å²) in [5.74, 6) is -0.283. The second-order valence-corrected chi connectivity index (χ2v) is 8.20. The van der Waals surface area contributed by atoms with Crippen LogP contribution in [0.1, 0.15) is 22.6 Å². The average molecular weight is 473 g/mol. The van der Waals surface area contributed by atoms with Gasteiger partial charge in [-0.1, -0.05) is 0 Å². The molecule has 12 heteroatoms. The zero-order valence-corrected chi connectivity index (χ0v) is 18.6. The Morgan fingerprint density at radius 1 is 1.15 bits per heavy atom. The van der Waals surface area contributed by atoms with Gasteiger partial charge >= 0.3 is 6.18 Å². The van der Waals surface area contributed by atoms with Gasteiger partial charge in [0.05, 0.1) is 13.2 Å². The van der Waals surface area contributed by atoms with Gasteiger partial charge in [0.25, 0.3) is 5.91 Å². The van der Waals surface area contributed by atoms with Crippen LogP contribution in [0.2, 0.25) is 0 Å². The number of halogens is 3. The van der Waals surface area contributed by atoms with Gasteiger partial charge in [0.2, 0.25) is 0 Å². The first-order chi connectivity index (χ1) is 16.3. The fraction of sp³-hybridized carbons (Fsp3) is 0.364. The molecular weight excluding hydrogens is 451 g/mol. The van der Waals surface area contributed by atoms with Crippen molar-refractivity contribution in [2.24, 2.45) is 0 Å². The van der Waals surface area contributed by atoms with Crippen LogP contribution in [0, 0.1) is 0 Å². The SMILES string of the molecule is COCCn1cc2c(n1)C(=O)N(C)CCCn1cc(c(C(F)(F)F)n1)-c1c[nH]c3ncc-2cc13. The summed E-state index contributed by atoms with van der Waals surface area (Å²) < 4.78 is 49.5. The smallest absolute Gasteiger partial charge is 0.383 e. The number of pyridine rings is 1. The number of ether oxygens (including phenoxy) is 1. The van der Waals surface area contributed by atoms with Crippen LogP contribution in [-0.4, -0.2) is 67.6 Å². The van der Waals surface area contributed by atoms with Gasteiger partial charge in [-0.05, 0) is 12.5 Å².